The first-order valence-electron chi connectivity index (χ1n) is 5.69. The van der Waals surface area contributed by atoms with Crippen molar-refractivity contribution >= 4 is 23.2 Å². The van der Waals surface area contributed by atoms with E-state index in [4.69, 9.17) is 4.74 Å². The summed E-state index contributed by atoms with van der Waals surface area (Å²) in [4.78, 5) is 0. The van der Waals surface area contributed by atoms with E-state index >= 15 is 0 Å². The molecule has 1 N–H and O–H groups in total. The normalized spacial score (nSPS) is 18.3. The van der Waals surface area contributed by atoms with E-state index in [2.05, 4.69) is 41.7 Å². The van der Waals surface area contributed by atoms with Crippen LogP contribution in [0.3, 0.4) is 0 Å². The van der Waals surface area contributed by atoms with Crippen molar-refractivity contribution in [3.8, 4) is 5.75 Å². The molecule has 2 nitrogen and oxygen atoms in total. The van der Waals surface area contributed by atoms with Crippen LogP contribution in [-0.2, 0) is 0 Å². The zero-order valence-electron chi connectivity index (χ0n) is 9.77. The Bertz CT molecular complexity index is 523. The lowest BCUT2D eigenvalue weighted by Crippen LogP contribution is -2.35. The fraction of sp³-hybridized carbons (Fsp3) is 0.286. The Morgan fingerprint density at radius 2 is 1.82 bits per heavy atom. The minimum absolute atomic E-state index is 0. The average Bonchev–Trinajstić information content (AvgIpc) is 2.27. The molecule has 3 rings (SSSR count). The van der Waals surface area contributed by atoms with Crippen LogP contribution in [0.25, 0.3) is 10.8 Å². The standard InChI is InChI=1S/C14H15NO.ClH/c1-16-14-7-6-11(13-8-9-15-13)10-4-2-3-5-12(10)14;/h2-7,13,15H,8-9H2,1H3;1H/t13-;/m1./s1. The van der Waals surface area contributed by atoms with Crippen LogP contribution < -0.4 is 10.1 Å². The highest BCUT2D eigenvalue weighted by molar-refractivity contribution is 5.91. The van der Waals surface area contributed by atoms with E-state index in [1.165, 1.54) is 22.8 Å². The van der Waals surface area contributed by atoms with Gasteiger partial charge in [0.25, 0.3) is 0 Å². The highest BCUT2D eigenvalue weighted by Crippen LogP contribution is 2.34. The maximum Gasteiger partial charge on any atom is 0.126 e. The first-order chi connectivity index (χ1) is 7.90. The minimum Gasteiger partial charge on any atom is -0.496 e. The van der Waals surface area contributed by atoms with Gasteiger partial charge in [-0.1, -0.05) is 30.3 Å². The maximum atomic E-state index is 5.39. The maximum absolute atomic E-state index is 5.39. The Morgan fingerprint density at radius 1 is 1.12 bits per heavy atom. The first-order valence-corrected chi connectivity index (χ1v) is 5.69. The van der Waals surface area contributed by atoms with E-state index in [9.17, 15) is 0 Å². The summed E-state index contributed by atoms with van der Waals surface area (Å²) in [6, 6.07) is 13.2. The molecular formula is C14H16ClNO. The molecule has 1 aliphatic heterocycles. The zero-order chi connectivity index (χ0) is 11.0. The molecule has 0 spiro atoms. The molecule has 1 aliphatic rings. The van der Waals surface area contributed by atoms with Crippen molar-refractivity contribution in [1.82, 2.24) is 5.32 Å². The van der Waals surface area contributed by atoms with Crippen molar-refractivity contribution in [2.75, 3.05) is 13.7 Å². The molecule has 0 aromatic heterocycles. The Hall–Kier alpha value is -1.25. The van der Waals surface area contributed by atoms with E-state index < -0.39 is 0 Å². The van der Waals surface area contributed by atoms with Crippen molar-refractivity contribution in [1.29, 1.82) is 0 Å². The van der Waals surface area contributed by atoms with E-state index in [1.54, 1.807) is 7.11 Å². The number of halogens is 1. The summed E-state index contributed by atoms with van der Waals surface area (Å²) >= 11 is 0. The molecule has 1 fully saturated rings. The molecular weight excluding hydrogens is 234 g/mol. The molecule has 0 radical (unpaired) electrons. The van der Waals surface area contributed by atoms with Gasteiger partial charge in [0.05, 0.1) is 7.11 Å². The van der Waals surface area contributed by atoms with E-state index in [0.29, 0.717) is 6.04 Å². The molecule has 0 unspecified atom stereocenters. The molecule has 2 aromatic carbocycles. The lowest BCUT2D eigenvalue weighted by Gasteiger charge is -2.29. The molecule has 0 bridgehead atoms. The van der Waals surface area contributed by atoms with Crippen LogP contribution in [0.5, 0.6) is 5.75 Å². The summed E-state index contributed by atoms with van der Waals surface area (Å²) in [5, 5.41) is 5.96. The third-order valence-corrected chi connectivity index (χ3v) is 3.34. The predicted molar refractivity (Wildman–Crippen MR) is 73.1 cm³/mol. The summed E-state index contributed by atoms with van der Waals surface area (Å²) in [6.07, 6.45) is 1.23. The van der Waals surface area contributed by atoms with Gasteiger partial charge in [-0.3, -0.25) is 0 Å². The number of ether oxygens (including phenoxy) is 1. The Morgan fingerprint density at radius 3 is 2.41 bits per heavy atom. The summed E-state index contributed by atoms with van der Waals surface area (Å²) in [6.45, 7) is 1.13. The zero-order valence-corrected chi connectivity index (χ0v) is 10.6. The van der Waals surface area contributed by atoms with E-state index in [1.807, 2.05) is 0 Å². The minimum atomic E-state index is 0. The number of fused-ring (bicyclic) bond motifs is 1. The number of hydrogen-bond donors (Lipinski definition) is 1. The second kappa shape index (κ2) is 4.94. The van der Waals surface area contributed by atoms with Gasteiger partial charge in [0.2, 0.25) is 0 Å². The van der Waals surface area contributed by atoms with Gasteiger partial charge in [-0.2, -0.15) is 0 Å². The van der Waals surface area contributed by atoms with Gasteiger partial charge in [-0.05, 0) is 30.0 Å². The first kappa shape index (κ1) is 12.2. The Balaban J connectivity index is 0.00000108. The van der Waals surface area contributed by atoms with Crippen LogP contribution in [0.2, 0.25) is 0 Å². The number of hydrogen-bond acceptors (Lipinski definition) is 2. The van der Waals surface area contributed by atoms with Crippen LogP contribution in [0.1, 0.15) is 18.0 Å². The molecule has 3 heteroatoms. The van der Waals surface area contributed by atoms with Crippen molar-refractivity contribution in [3.63, 3.8) is 0 Å². The quantitative estimate of drug-likeness (QED) is 0.882. The van der Waals surface area contributed by atoms with Crippen molar-refractivity contribution in [2.45, 2.75) is 12.5 Å². The highest BCUT2D eigenvalue weighted by Gasteiger charge is 2.20. The smallest absolute Gasteiger partial charge is 0.126 e. The molecule has 0 aliphatic carbocycles. The predicted octanol–water partition coefficient (Wildman–Crippen LogP) is 3.30. The van der Waals surface area contributed by atoms with Crippen LogP contribution >= 0.6 is 12.4 Å². The fourth-order valence-electron chi connectivity index (χ4n) is 2.33. The monoisotopic (exact) mass is 249 g/mol. The largest absolute Gasteiger partial charge is 0.496 e. The second-order valence-electron chi connectivity index (χ2n) is 4.20. The third-order valence-electron chi connectivity index (χ3n) is 3.34. The molecule has 0 saturated carbocycles. The van der Waals surface area contributed by atoms with Gasteiger partial charge in [0.15, 0.2) is 0 Å². The van der Waals surface area contributed by atoms with Crippen molar-refractivity contribution in [2.24, 2.45) is 0 Å². The van der Waals surface area contributed by atoms with Crippen LogP contribution in [0.4, 0.5) is 0 Å². The van der Waals surface area contributed by atoms with Crippen LogP contribution in [0.15, 0.2) is 36.4 Å². The SMILES string of the molecule is COc1ccc([C@H]2CCN2)c2ccccc12.Cl. The van der Waals surface area contributed by atoms with Gasteiger partial charge in [0.1, 0.15) is 5.75 Å². The second-order valence-corrected chi connectivity index (χ2v) is 4.20. The summed E-state index contributed by atoms with van der Waals surface area (Å²) in [7, 11) is 1.73. The van der Waals surface area contributed by atoms with Gasteiger partial charge in [-0.25, -0.2) is 0 Å². The molecule has 1 saturated heterocycles. The molecule has 0 amide bonds. The van der Waals surface area contributed by atoms with Gasteiger partial charge in [0, 0.05) is 11.4 Å². The van der Waals surface area contributed by atoms with Gasteiger partial charge < -0.3 is 10.1 Å². The Kier molecular flexibility index (Phi) is 3.55. The van der Waals surface area contributed by atoms with E-state index in [-0.39, 0.29) is 12.4 Å². The van der Waals surface area contributed by atoms with Crippen LogP contribution in [-0.4, -0.2) is 13.7 Å². The molecule has 1 heterocycles. The molecule has 90 valence electrons. The van der Waals surface area contributed by atoms with Crippen molar-refractivity contribution < 1.29 is 4.74 Å². The summed E-state index contributed by atoms with van der Waals surface area (Å²) < 4.78 is 5.39. The van der Waals surface area contributed by atoms with Crippen LogP contribution in [0, 0.1) is 0 Å². The van der Waals surface area contributed by atoms with Gasteiger partial charge >= 0.3 is 0 Å². The number of methoxy groups -OCH3 is 1. The molecule has 17 heavy (non-hydrogen) atoms. The number of benzene rings is 2. The number of nitrogens with one attached hydrogen (secondary N) is 1. The highest BCUT2D eigenvalue weighted by atomic mass is 35.5. The lowest BCUT2D eigenvalue weighted by molar-refractivity contribution is 0.384. The lowest BCUT2D eigenvalue weighted by atomic mass is 9.92. The average molecular weight is 250 g/mol. The fourth-order valence-corrected chi connectivity index (χ4v) is 2.33. The molecule has 2 aromatic rings. The van der Waals surface area contributed by atoms with Gasteiger partial charge in [-0.15, -0.1) is 12.4 Å². The third kappa shape index (κ3) is 1.99. The topological polar surface area (TPSA) is 21.3 Å². The molecule has 1 atom stereocenters. The summed E-state index contributed by atoms with van der Waals surface area (Å²) in [5.41, 5.74) is 1.39. The van der Waals surface area contributed by atoms with Crippen molar-refractivity contribution in [3.05, 3.63) is 42.0 Å². The Labute approximate surface area is 107 Å². The number of rotatable bonds is 2. The van der Waals surface area contributed by atoms with E-state index in [0.717, 1.165) is 12.3 Å². The summed E-state index contributed by atoms with van der Waals surface area (Å²) in [5.74, 6) is 0.957.